The topological polar surface area (TPSA) is 66.5 Å². The Hall–Kier alpha value is -0.820. The Morgan fingerprint density at radius 2 is 1.53 bits per heavy atom. The molecule has 0 spiro atoms. The van der Waals surface area contributed by atoms with E-state index in [1.807, 2.05) is 0 Å². The molecule has 1 amide bonds. The zero-order valence-corrected chi connectivity index (χ0v) is 21.1. The van der Waals surface area contributed by atoms with Crippen LogP contribution >= 0.6 is 23.2 Å². The second-order valence-electron chi connectivity index (χ2n) is 10.0. The van der Waals surface area contributed by atoms with Crippen LogP contribution < -0.4 is 5.32 Å². The van der Waals surface area contributed by atoms with Crippen molar-refractivity contribution in [3.8, 4) is 0 Å². The summed E-state index contributed by atoms with van der Waals surface area (Å²) in [5, 5.41) is 3.33. The highest BCUT2D eigenvalue weighted by Crippen LogP contribution is 2.61. The lowest BCUT2D eigenvalue weighted by Crippen LogP contribution is -2.56. The van der Waals surface area contributed by atoms with E-state index in [0.717, 1.165) is 24.2 Å². The normalized spacial score (nSPS) is 29.9. The van der Waals surface area contributed by atoms with Gasteiger partial charge in [-0.25, -0.2) is 8.42 Å². The van der Waals surface area contributed by atoms with Crippen LogP contribution in [0.1, 0.15) is 62.2 Å². The fourth-order valence-electron chi connectivity index (χ4n) is 7.00. The van der Waals surface area contributed by atoms with Crippen LogP contribution in [-0.2, 0) is 10.0 Å². The highest BCUT2D eigenvalue weighted by Gasteiger charge is 2.54. The van der Waals surface area contributed by atoms with Crippen LogP contribution in [0, 0.1) is 23.2 Å². The van der Waals surface area contributed by atoms with Gasteiger partial charge in [-0.1, -0.05) is 6.92 Å². The van der Waals surface area contributed by atoms with E-state index in [0.29, 0.717) is 5.56 Å². The van der Waals surface area contributed by atoms with Crippen molar-refractivity contribution in [1.82, 2.24) is 9.62 Å². The summed E-state index contributed by atoms with van der Waals surface area (Å²) in [5.74, 6) is 2.77. The molecule has 4 aliphatic rings. The van der Waals surface area contributed by atoms with Crippen LogP contribution in [0.3, 0.4) is 0 Å². The van der Waals surface area contributed by atoms with Gasteiger partial charge in [0.05, 0.1) is 4.90 Å². The van der Waals surface area contributed by atoms with Crippen molar-refractivity contribution in [1.29, 1.82) is 0 Å². The monoisotopic (exact) mass is 500 g/mol. The number of nitrogens with one attached hydrogen (secondary N) is 1. The first-order valence-corrected chi connectivity index (χ1v) is 14.3. The highest BCUT2D eigenvalue weighted by atomic mass is 35.5. The molecule has 5 nitrogen and oxygen atoms in total. The number of carbonyl (C=O) groups excluding carboxylic acids is 1. The number of hydrogen-bond donors (Lipinski definition) is 1. The molecule has 4 fully saturated rings. The number of benzene rings is 1. The Balaban J connectivity index is 1.47. The second-order valence-corrected chi connectivity index (χ2v) is 12.7. The van der Waals surface area contributed by atoms with Crippen molar-refractivity contribution in [2.75, 3.05) is 24.8 Å². The van der Waals surface area contributed by atoms with E-state index in [4.69, 9.17) is 23.2 Å². The number of halogens is 2. The summed E-state index contributed by atoms with van der Waals surface area (Å²) < 4.78 is 27.1. The lowest BCUT2D eigenvalue weighted by molar-refractivity contribution is -0.0727. The first-order valence-electron chi connectivity index (χ1n) is 11.8. The molecule has 178 valence electrons. The number of hydrogen-bond acceptors (Lipinski definition) is 3. The zero-order chi connectivity index (χ0) is 22.9. The molecule has 1 unspecified atom stereocenters. The van der Waals surface area contributed by atoms with Gasteiger partial charge in [0.2, 0.25) is 10.0 Å². The molecule has 0 radical (unpaired) electrons. The third kappa shape index (κ3) is 4.70. The van der Waals surface area contributed by atoms with E-state index in [9.17, 15) is 13.2 Å². The molecule has 4 saturated carbocycles. The maximum absolute atomic E-state index is 13.1. The number of sulfonamides is 1. The molecule has 32 heavy (non-hydrogen) atoms. The molecule has 1 aromatic rings. The molecule has 4 bridgehead atoms. The second kappa shape index (κ2) is 9.81. The van der Waals surface area contributed by atoms with Crippen molar-refractivity contribution in [2.45, 2.75) is 62.8 Å². The third-order valence-corrected chi connectivity index (χ3v) is 10.2. The van der Waals surface area contributed by atoms with E-state index in [-0.39, 0.29) is 47.1 Å². The molecule has 5 rings (SSSR count). The Labute approximate surface area is 202 Å². The van der Waals surface area contributed by atoms with Gasteiger partial charge >= 0.3 is 0 Å². The first kappa shape index (κ1) is 24.3. The minimum absolute atomic E-state index is 0.116. The van der Waals surface area contributed by atoms with E-state index >= 15 is 0 Å². The summed E-state index contributed by atoms with van der Waals surface area (Å²) in [4.78, 5) is 13.3. The summed E-state index contributed by atoms with van der Waals surface area (Å²) in [6.07, 6.45) is 8.79. The predicted octanol–water partition coefficient (Wildman–Crippen LogP) is 4.88. The number of alkyl halides is 2. The Morgan fingerprint density at radius 3 is 1.97 bits per heavy atom. The van der Waals surface area contributed by atoms with E-state index in [2.05, 4.69) is 12.2 Å². The fraction of sp³-hybridized carbons (Fsp3) is 0.708. The van der Waals surface area contributed by atoms with Gasteiger partial charge in [0.25, 0.3) is 5.91 Å². The predicted molar refractivity (Wildman–Crippen MR) is 129 cm³/mol. The molecule has 1 aromatic carbocycles. The standard InChI is InChI=1S/C24H34Cl2N2O3S/c1-2-22(24-14-17-11-18(15-24)13-19(12-17)16-24)27-23(29)20-3-5-21(6-4-20)32(30,31)28(9-7-25)10-8-26/h3-6,17-19,22H,2,7-16H2,1H3,(H,27,29). The third-order valence-electron chi connectivity index (χ3n) is 7.96. The molecule has 0 aliphatic heterocycles. The van der Waals surface area contributed by atoms with Gasteiger partial charge in [-0.2, -0.15) is 4.31 Å². The van der Waals surface area contributed by atoms with Gasteiger partial charge in [-0.3, -0.25) is 4.79 Å². The summed E-state index contributed by atoms with van der Waals surface area (Å²) in [7, 11) is -3.69. The van der Waals surface area contributed by atoms with Gasteiger partial charge < -0.3 is 5.32 Å². The molecule has 0 saturated heterocycles. The van der Waals surface area contributed by atoms with Crippen molar-refractivity contribution >= 4 is 39.1 Å². The number of rotatable bonds is 10. The summed E-state index contributed by atoms with van der Waals surface area (Å²) in [6, 6.07) is 6.40. The molecule has 8 heteroatoms. The number of amides is 1. The number of nitrogens with zero attached hydrogens (tertiary/aromatic N) is 1. The van der Waals surface area contributed by atoms with E-state index in [1.54, 1.807) is 12.1 Å². The SMILES string of the molecule is CCC(NC(=O)c1ccc(S(=O)(=O)N(CCCl)CCCl)cc1)C12CC3CC(CC(C3)C1)C2. The molecular weight excluding hydrogens is 467 g/mol. The van der Waals surface area contributed by atoms with Crippen LogP contribution in [0.5, 0.6) is 0 Å². The minimum atomic E-state index is -3.69. The first-order chi connectivity index (χ1) is 15.3. The Kier molecular flexibility index (Phi) is 7.45. The average molecular weight is 502 g/mol. The Morgan fingerprint density at radius 1 is 1.03 bits per heavy atom. The Bertz CT molecular complexity index is 878. The van der Waals surface area contributed by atoms with Gasteiger partial charge in [-0.15, -0.1) is 23.2 Å². The molecule has 0 aromatic heterocycles. The van der Waals surface area contributed by atoms with Gasteiger partial charge in [0.15, 0.2) is 0 Å². The summed E-state index contributed by atoms with van der Waals surface area (Å²) >= 11 is 11.5. The fourth-order valence-corrected chi connectivity index (χ4v) is 9.05. The van der Waals surface area contributed by atoms with Crippen molar-refractivity contribution < 1.29 is 13.2 Å². The largest absolute Gasteiger partial charge is 0.349 e. The summed E-state index contributed by atoms with van der Waals surface area (Å²) in [5.41, 5.74) is 0.736. The molecule has 0 heterocycles. The van der Waals surface area contributed by atoms with Crippen molar-refractivity contribution in [3.05, 3.63) is 29.8 Å². The lowest BCUT2D eigenvalue weighted by Gasteiger charge is -2.59. The molecular formula is C24H34Cl2N2O3S. The smallest absolute Gasteiger partial charge is 0.251 e. The summed E-state index contributed by atoms with van der Waals surface area (Å²) in [6.45, 7) is 2.56. The lowest BCUT2D eigenvalue weighted by atomic mass is 9.47. The van der Waals surface area contributed by atoms with Crippen molar-refractivity contribution in [3.63, 3.8) is 0 Å². The van der Waals surface area contributed by atoms with Gasteiger partial charge in [0, 0.05) is 36.5 Å². The van der Waals surface area contributed by atoms with Gasteiger partial charge in [0.1, 0.15) is 0 Å². The van der Waals surface area contributed by atoms with Crippen LogP contribution in [0.15, 0.2) is 29.2 Å². The van der Waals surface area contributed by atoms with Crippen LogP contribution in [0.4, 0.5) is 0 Å². The van der Waals surface area contributed by atoms with Crippen LogP contribution in [0.2, 0.25) is 0 Å². The van der Waals surface area contributed by atoms with Gasteiger partial charge in [-0.05, 0) is 92.4 Å². The van der Waals surface area contributed by atoms with E-state index < -0.39 is 10.0 Å². The van der Waals surface area contributed by atoms with Crippen molar-refractivity contribution in [2.24, 2.45) is 23.2 Å². The van der Waals surface area contributed by atoms with Crippen LogP contribution in [0.25, 0.3) is 0 Å². The van der Waals surface area contributed by atoms with Crippen LogP contribution in [-0.4, -0.2) is 49.5 Å². The molecule has 4 aliphatic carbocycles. The average Bonchev–Trinajstić information content (AvgIpc) is 2.76. The quantitative estimate of drug-likeness (QED) is 0.465. The minimum Gasteiger partial charge on any atom is -0.349 e. The zero-order valence-electron chi connectivity index (χ0n) is 18.7. The highest BCUT2D eigenvalue weighted by molar-refractivity contribution is 7.89. The molecule has 1 atom stereocenters. The maximum atomic E-state index is 13.1. The number of carbonyl (C=O) groups is 1. The maximum Gasteiger partial charge on any atom is 0.251 e. The molecule has 1 N–H and O–H groups in total. The van der Waals surface area contributed by atoms with E-state index in [1.165, 1.54) is 55.0 Å².